The number of carboxylic acid groups (broad SMARTS) is 1. The molecule has 0 spiro atoms. The van der Waals surface area contributed by atoms with Gasteiger partial charge in [-0.05, 0) is 153 Å². The fourth-order valence-electron chi connectivity index (χ4n) is 13.1. The van der Waals surface area contributed by atoms with E-state index >= 15 is 0 Å². The smallest absolute Gasteiger partial charge is 0.338 e. The Hall–Kier alpha value is -2.47. The molecule has 4 saturated carbocycles. The maximum absolute atomic E-state index is 14.9. The highest BCUT2D eigenvalue weighted by molar-refractivity contribution is 5.88. The van der Waals surface area contributed by atoms with Crippen LogP contribution in [-0.4, -0.2) is 49.1 Å². The van der Waals surface area contributed by atoms with Gasteiger partial charge in [0.2, 0.25) is 5.91 Å². The Morgan fingerprint density at radius 3 is 2.34 bits per heavy atom. The molecule has 9 atom stereocenters. The van der Waals surface area contributed by atoms with Crippen molar-refractivity contribution in [3.05, 3.63) is 53.4 Å². The average molecular weight is 647 g/mol. The predicted octanol–water partition coefficient (Wildman–Crippen LogP) is 8.85. The van der Waals surface area contributed by atoms with Crippen molar-refractivity contribution in [3.8, 4) is 0 Å². The monoisotopic (exact) mass is 646 g/mol. The van der Waals surface area contributed by atoms with Gasteiger partial charge in [-0.15, -0.1) is 0 Å². The van der Waals surface area contributed by atoms with E-state index in [-0.39, 0.29) is 38.5 Å². The van der Waals surface area contributed by atoms with Crippen molar-refractivity contribution in [2.45, 2.75) is 99.3 Å². The van der Waals surface area contributed by atoms with Gasteiger partial charge in [0.1, 0.15) is 5.82 Å². The van der Waals surface area contributed by atoms with Gasteiger partial charge in [0.15, 0.2) is 0 Å². The summed E-state index contributed by atoms with van der Waals surface area (Å²) in [7, 11) is 4.12. The lowest BCUT2D eigenvalue weighted by Gasteiger charge is -2.72. The van der Waals surface area contributed by atoms with Gasteiger partial charge in [-0.3, -0.25) is 4.79 Å². The van der Waals surface area contributed by atoms with Crippen LogP contribution >= 0.6 is 0 Å². The number of nitrogens with one attached hydrogen (secondary N) is 1. The standard InChI is InChI=1S/C41H59FN2O3/c1-25(2)27-14-19-41(36(47)43-22-23-44(8)9)21-20-39(6)30(34(27)41)12-13-33-38(5)17-15-29(26-10-11-28(35(45)46)31(42)24-26)37(3,4)32(38)16-18-40(33,39)7/h10-11,15,24,27,30,32-34H,1,12-14,16-23H2,2-9H3,(H,43,47)(H,45,46). The molecule has 4 fully saturated rings. The van der Waals surface area contributed by atoms with Gasteiger partial charge in [0.05, 0.1) is 11.0 Å². The van der Waals surface area contributed by atoms with Gasteiger partial charge in [-0.2, -0.15) is 0 Å². The number of likely N-dealkylation sites (N-methyl/N-ethyl adjacent to an activating group) is 1. The van der Waals surface area contributed by atoms with Crippen molar-refractivity contribution in [1.29, 1.82) is 0 Å². The number of carbonyl (C=O) groups excluding carboxylic acids is 1. The Balaban J connectivity index is 1.33. The van der Waals surface area contributed by atoms with Crippen LogP contribution in [0.4, 0.5) is 4.39 Å². The third kappa shape index (κ3) is 4.92. The molecule has 1 aromatic carbocycles. The zero-order chi connectivity index (χ0) is 34.3. The summed E-state index contributed by atoms with van der Waals surface area (Å²) in [6.45, 7) is 20.7. The summed E-state index contributed by atoms with van der Waals surface area (Å²) >= 11 is 0. The van der Waals surface area contributed by atoms with Crippen LogP contribution in [0.1, 0.15) is 115 Å². The molecule has 5 aliphatic carbocycles. The number of hydrogen-bond acceptors (Lipinski definition) is 3. The molecular formula is C41H59FN2O3. The number of aromatic carboxylic acids is 1. The van der Waals surface area contributed by atoms with Crippen molar-refractivity contribution < 1.29 is 19.1 Å². The summed E-state index contributed by atoms with van der Waals surface area (Å²) < 4.78 is 14.9. The van der Waals surface area contributed by atoms with E-state index in [0.29, 0.717) is 36.1 Å². The minimum Gasteiger partial charge on any atom is -0.478 e. The molecule has 6 heteroatoms. The zero-order valence-corrected chi connectivity index (χ0v) is 30.3. The number of nitrogens with zero attached hydrogens (tertiary/aromatic N) is 1. The molecule has 258 valence electrons. The molecule has 0 aliphatic heterocycles. The molecule has 1 aromatic rings. The normalized spacial score (nSPS) is 40.4. The number of allylic oxidation sites excluding steroid dienone is 3. The van der Waals surface area contributed by atoms with Crippen molar-refractivity contribution >= 4 is 17.4 Å². The zero-order valence-electron chi connectivity index (χ0n) is 30.3. The Kier molecular flexibility index (Phi) is 8.46. The molecule has 5 aliphatic rings. The molecule has 9 unspecified atom stereocenters. The lowest BCUT2D eigenvalue weighted by Crippen LogP contribution is -2.66. The minimum absolute atomic E-state index is 0.106. The number of amides is 1. The molecule has 2 N–H and O–H groups in total. The largest absolute Gasteiger partial charge is 0.478 e. The first-order valence-electron chi connectivity index (χ1n) is 18.3. The van der Waals surface area contributed by atoms with E-state index in [1.807, 2.05) is 0 Å². The number of benzene rings is 1. The van der Waals surface area contributed by atoms with E-state index in [9.17, 15) is 19.1 Å². The van der Waals surface area contributed by atoms with Crippen LogP contribution in [0.5, 0.6) is 0 Å². The summed E-state index contributed by atoms with van der Waals surface area (Å²) in [4.78, 5) is 27.8. The van der Waals surface area contributed by atoms with Gasteiger partial charge in [-0.1, -0.05) is 58.9 Å². The number of halogens is 1. The molecular weight excluding hydrogens is 587 g/mol. The maximum Gasteiger partial charge on any atom is 0.338 e. The Labute approximate surface area is 282 Å². The van der Waals surface area contributed by atoms with Crippen LogP contribution in [-0.2, 0) is 4.79 Å². The van der Waals surface area contributed by atoms with Crippen LogP contribution in [0.25, 0.3) is 5.57 Å². The Bertz CT molecular complexity index is 1500. The summed E-state index contributed by atoms with van der Waals surface area (Å²) in [6, 6.07) is 4.65. The predicted molar refractivity (Wildman–Crippen MR) is 187 cm³/mol. The summed E-state index contributed by atoms with van der Waals surface area (Å²) in [5.41, 5.74) is 2.88. The Morgan fingerprint density at radius 2 is 1.70 bits per heavy atom. The third-order valence-electron chi connectivity index (χ3n) is 15.5. The van der Waals surface area contributed by atoms with E-state index in [4.69, 9.17) is 0 Å². The van der Waals surface area contributed by atoms with Gasteiger partial charge < -0.3 is 15.3 Å². The quantitative estimate of drug-likeness (QED) is 0.291. The first-order chi connectivity index (χ1) is 21.9. The van der Waals surface area contributed by atoms with Crippen LogP contribution < -0.4 is 5.32 Å². The molecule has 0 bridgehead atoms. The minimum atomic E-state index is -1.23. The molecule has 0 heterocycles. The van der Waals surface area contributed by atoms with Crippen molar-refractivity contribution in [1.82, 2.24) is 10.2 Å². The second-order valence-electron chi connectivity index (χ2n) is 17.9. The second-order valence-corrected chi connectivity index (χ2v) is 17.9. The van der Waals surface area contributed by atoms with E-state index in [2.05, 4.69) is 78.5 Å². The van der Waals surface area contributed by atoms with E-state index in [0.717, 1.165) is 56.2 Å². The first-order valence-corrected chi connectivity index (χ1v) is 18.3. The van der Waals surface area contributed by atoms with Crippen LogP contribution in [0.3, 0.4) is 0 Å². The average Bonchev–Trinajstić information content (AvgIpc) is 3.38. The van der Waals surface area contributed by atoms with Crippen LogP contribution in [0.2, 0.25) is 0 Å². The van der Waals surface area contributed by atoms with Crippen LogP contribution in [0, 0.1) is 62.5 Å². The number of hydrogen-bond donors (Lipinski definition) is 2. The Morgan fingerprint density at radius 1 is 0.979 bits per heavy atom. The number of rotatable bonds is 7. The van der Waals surface area contributed by atoms with Crippen molar-refractivity contribution in [2.24, 2.45) is 56.7 Å². The molecule has 47 heavy (non-hydrogen) atoms. The summed E-state index contributed by atoms with van der Waals surface area (Å²) in [5.74, 6) is 0.642. The molecule has 6 rings (SSSR count). The van der Waals surface area contributed by atoms with E-state index in [1.54, 1.807) is 6.07 Å². The molecule has 0 radical (unpaired) electrons. The fraction of sp³-hybridized carbons (Fsp3) is 0.707. The highest BCUT2D eigenvalue weighted by Crippen LogP contribution is 2.77. The lowest BCUT2D eigenvalue weighted by atomic mass is 9.32. The highest BCUT2D eigenvalue weighted by Gasteiger charge is 2.71. The van der Waals surface area contributed by atoms with E-state index in [1.165, 1.54) is 37.0 Å². The first kappa shape index (κ1) is 34.4. The fourth-order valence-corrected chi connectivity index (χ4v) is 13.1. The number of carboxylic acids is 1. The van der Waals surface area contributed by atoms with Gasteiger partial charge in [0, 0.05) is 13.1 Å². The van der Waals surface area contributed by atoms with Gasteiger partial charge in [0.25, 0.3) is 0 Å². The topological polar surface area (TPSA) is 69.6 Å². The SMILES string of the molecule is C=C(C)C1CCC2(C(=O)NCCN(C)C)CCC3(C)C(CCC4C5(C)CC=C(c6ccc(C(=O)O)c(F)c6)C(C)(C)C5CCC43C)C12. The third-order valence-corrected chi connectivity index (χ3v) is 15.5. The number of carbonyl (C=O) groups is 2. The van der Waals surface area contributed by atoms with E-state index < -0.39 is 11.8 Å². The van der Waals surface area contributed by atoms with Crippen molar-refractivity contribution in [3.63, 3.8) is 0 Å². The number of fused-ring (bicyclic) bond motifs is 7. The van der Waals surface area contributed by atoms with Gasteiger partial charge in [-0.25, -0.2) is 9.18 Å². The molecule has 0 aromatic heterocycles. The summed E-state index contributed by atoms with van der Waals surface area (Å²) in [6.07, 6.45) is 12.1. The molecule has 0 saturated heterocycles. The summed E-state index contributed by atoms with van der Waals surface area (Å²) in [5, 5.41) is 12.8. The molecule has 1 amide bonds. The highest BCUT2D eigenvalue weighted by atomic mass is 19.1. The molecule has 5 nitrogen and oxygen atoms in total. The van der Waals surface area contributed by atoms with Gasteiger partial charge >= 0.3 is 5.97 Å². The maximum atomic E-state index is 14.9. The van der Waals surface area contributed by atoms with Crippen molar-refractivity contribution in [2.75, 3.05) is 27.2 Å². The second kappa shape index (κ2) is 11.6. The lowest BCUT2D eigenvalue weighted by molar-refractivity contribution is -0.225. The van der Waals surface area contributed by atoms with Crippen LogP contribution in [0.15, 0.2) is 36.4 Å².